The molecule has 0 spiro atoms. The normalized spacial score (nSPS) is 11.0. The summed E-state index contributed by atoms with van der Waals surface area (Å²) in [4.78, 5) is 36.3. The predicted octanol–water partition coefficient (Wildman–Crippen LogP) is 5.60. The predicted molar refractivity (Wildman–Crippen MR) is 134 cm³/mol. The molecule has 0 atom stereocenters. The van der Waals surface area contributed by atoms with Gasteiger partial charge >= 0.3 is 0 Å². The molecule has 0 bridgehead atoms. The highest BCUT2D eigenvalue weighted by Gasteiger charge is 2.22. The van der Waals surface area contributed by atoms with E-state index >= 15 is 0 Å². The van der Waals surface area contributed by atoms with Crippen molar-refractivity contribution in [2.24, 2.45) is 0 Å². The quantitative estimate of drug-likeness (QED) is 0.269. The monoisotopic (exact) mass is 484 g/mol. The van der Waals surface area contributed by atoms with E-state index in [1.807, 2.05) is 29.0 Å². The fraction of sp³-hybridized carbons (Fsp3) is 0.111. The number of fused-ring (bicyclic) bond motifs is 1. The van der Waals surface area contributed by atoms with Crippen molar-refractivity contribution in [3.05, 3.63) is 114 Å². The van der Waals surface area contributed by atoms with E-state index in [1.165, 1.54) is 17.4 Å². The average molecular weight is 485 g/mol. The number of amides is 1. The van der Waals surface area contributed by atoms with E-state index < -0.39 is 5.82 Å². The van der Waals surface area contributed by atoms with Gasteiger partial charge in [-0.3, -0.25) is 14.5 Å². The van der Waals surface area contributed by atoms with Crippen LogP contribution < -0.4 is 4.90 Å². The maximum Gasteiger partial charge on any atom is 0.260 e. The summed E-state index contributed by atoms with van der Waals surface area (Å²) in [6, 6.07) is 20.4. The summed E-state index contributed by atoms with van der Waals surface area (Å²) in [5, 5.41) is 0.435. The molecule has 174 valence electrons. The lowest BCUT2D eigenvalue weighted by Gasteiger charge is -2.20. The summed E-state index contributed by atoms with van der Waals surface area (Å²) < 4.78 is 16.9. The molecule has 0 radical (unpaired) electrons. The minimum atomic E-state index is -0.417. The van der Waals surface area contributed by atoms with Crippen LogP contribution in [0.2, 0.25) is 0 Å². The van der Waals surface area contributed by atoms with Crippen molar-refractivity contribution in [3.8, 4) is 0 Å². The number of aromatic nitrogens is 3. The maximum atomic E-state index is 14.3. The largest absolute Gasteiger partial charge is 0.337 e. The molecule has 5 aromatic rings. The molecule has 8 heteroatoms. The third kappa shape index (κ3) is 4.88. The van der Waals surface area contributed by atoms with Gasteiger partial charge in [0.15, 0.2) is 10.9 Å². The van der Waals surface area contributed by atoms with Crippen LogP contribution in [-0.2, 0) is 6.54 Å². The highest BCUT2D eigenvalue weighted by Crippen LogP contribution is 2.31. The third-order valence-electron chi connectivity index (χ3n) is 5.62. The number of thiazole rings is 1. The van der Waals surface area contributed by atoms with Crippen LogP contribution in [0.3, 0.4) is 0 Å². The standard InChI is InChI=1S/C27H21FN4O2S/c28-22-8-4-9-23-24(22)30-27(35-23)32(16-5-15-31-17-14-29-18-31)26(34)21-12-10-20(11-13-21)25(33)19-6-2-1-3-7-19/h1-4,6-14,17-18H,5,15-16H2. The lowest BCUT2D eigenvalue weighted by atomic mass is 10.0. The number of rotatable bonds is 8. The molecular weight excluding hydrogens is 463 g/mol. The van der Waals surface area contributed by atoms with Crippen LogP contribution in [0.4, 0.5) is 9.52 Å². The number of hydrogen-bond acceptors (Lipinski definition) is 5. The van der Waals surface area contributed by atoms with Gasteiger partial charge in [0.1, 0.15) is 11.3 Å². The number of imidazole rings is 1. The Balaban J connectivity index is 1.41. The van der Waals surface area contributed by atoms with Gasteiger partial charge in [-0.05, 0) is 30.7 Å². The summed E-state index contributed by atoms with van der Waals surface area (Å²) in [5.41, 5.74) is 1.77. The Kier molecular flexibility index (Phi) is 6.45. The number of carbonyl (C=O) groups excluding carboxylic acids is 2. The molecule has 1 amide bonds. The second kappa shape index (κ2) is 9.99. The van der Waals surface area contributed by atoms with Gasteiger partial charge in [-0.2, -0.15) is 0 Å². The number of ketones is 1. The molecule has 0 N–H and O–H groups in total. The van der Waals surface area contributed by atoms with Gasteiger partial charge in [-0.1, -0.05) is 59.9 Å². The Morgan fingerprint density at radius 3 is 2.37 bits per heavy atom. The van der Waals surface area contributed by atoms with Crippen molar-refractivity contribution in [1.29, 1.82) is 0 Å². The summed E-state index contributed by atoms with van der Waals surface area (Å²) in [5.74, 6) is -0.781. The van der Waals surface area contributed by atoms with Gasteiger partial charge in [0.05, 0.1) is 11.0 Å². The van der Waals surface area contributed by atoms with E-state index in [9.17, 15) is 14.0 Å². The summed E-state index contributed by atoms with van der Waals surface area (Å²) in [6.45, 7) is 1.07. The number of aryl methyl sites for hydroxylation is 1. The first-order chi connectivity index (χ1) is 17.1. The van der Waals surface area contributed by atoms with Crippen LogP contribution in [-0.4, -0.2) is 32.8 Å². The second-order valence-electron chi connectivity index (χ2n) is 7.97. The zero-order valence-electron chi connectivity index (χ0n) is 18.7. The Morgan fingerprint density at radius 1 is 0.914 bits per heavy atom. The van der Waals surface area contributed by atoms with E-state index in [1.54, 1.807) is 66.0 Å². The number of nitrogens with zero attached hydrogens (tertiary/aromatic N) is 4. The molecule has 0 aliphatic rings. The van der Waals surface area contributed by atoms with E-state index in [0.29, 0.717) is 46.0 Å². The van der Waals surface area contributed by atoms with Gasteiger partial charge in [-0.15, -0.1) is 0 Å². The first-order valence-corrected chi connectivity index (χ1v) is 11.9. The van der Waals surface area contributed by atoms with Crippen molar-refractivity contribution in [2.45, 2.75) is 13.0 Å². The van der Waals surface area contributed by atoms with Gasteiger partial charge in [0.2, 0.25) is 0 Å². The average Bonchev–Trinajstić information content (AvgIpc) is 3.57. The van der Waals surface area contributed by atoms with Crippen LogP contribution in [0.1, 0.15) is 32.7 Å². The number of anilines is 1. The fourth-order valence-electron chi connectivity index (χ4n) is 3.81. The molecule has 0 aliphatic heterocycles. The van der Waals surface area contributed by atoms with Crippen molar-refractivity contribution < 1.29 is 14.0 Å². The minimum absolute atomic E-state index is 0.108. The zero-order chi connectivity index (χ0) is 24.2. The van der Waals surface area contributed by atoms with Crippen LogP contribution in [0, 0.1) is 5.82 Å². The molecule has 6 nitrogen and oxygen atoms in total. The maximum absolute atomic E-state index is 14.3. The third-order valence-corrected chi connectivity index (χ3v) is 6.67. The summed E-state index contributed by atoms with van der Waals surface area (Å²) in [7, 11) is 0. The second-order valence-corrected chi connectivity index (χ2v) is 8.98. The van der Waals surface area contributed by atoms with Crippen molar-refractivity contribution >= 4 is 38.4 Å². The van der Waals surface area contributed by atoms with Crippen molar-refractivity contribution in [3.63, 3.8) is 0 Å². The number of para-hydroxylation sites is 1. The van der Waals surface area contributed by atoms with Gasteiger partial charge in [0.25, 0.3) is 5.91 Å². The molecule has 35 heavy (non-hydrogen) atoms. The molecule has 0 fully saturated rings. The van der Waals surface area contributed by atoms with E-state index in [-0.39, 0.29) is 17.2 Å². The highest BCUT2D eigenvalue weighted by molar-refractivity contribution is 7.22. The van der Waals surface area contributed by atoms with Gasteiger partial charge in [-0.25, -0.2) is 14.4 Å². The number of hydrogen-bond donors (Lipinski definition) is 0. The lowest BCUT2D eigenvalue weighted by molar-refractivity contribution is 0.0984. The first-order valence-electron chi connectivity index (χ1n) is 11.1. The van der Waals surface area contributed by atoms with Crippen LogP contribution in [0.15, 0.2) is 91.5 Å². The van der Waals surface area contributed by atoms with Crippen molar-refractivity contribution in [2.75, 3.05) is 11.4 Å². The fourth-order valence-corrected chi connectivity index (χ4v) is 4.81. The summed E-state index contributed by atoms with van der Waals surface area (Å²) in [6.07, 6.45) is 5.95. The molecule has 0 saturated carbocycles. The zero-order valence-corrected chi connectivity index (χ0v) is 19.5. The van der Waals surface area contributed by atoms with E-state index in [4.69, 9.17) is 0 Å². The number of carbonyl (C=O) groups is 2. The lowest BCUT2D eigenvalue weighted by Crippen LogP contribution is -2.32. The molecule has 2 heterocycles. The molecule has 0 unspecified atom stereocenters. The van der Waals surface area contributed by atoms with Crippen LogP contribution in [0.25, 0.3) is 10.2 Å². The van der Waals surface area contributed by atoms with Gasteiger partial charge < -0.3 is 4.57 Å². The first kappa shape index (κ1) is 22.6. The SMILES string of the molecule is O=C(c1ccccc1)c1ccc(C(=O)N(CCCn2ccnc2)c2nc3c(F)cccc3s2)cc1. The minimum Gasteiger partial charge on any atom is -0.337 e. The Hall–Kier alpha value is -4.17. The molecule has 0 aliphatic carbocycles. The van der Waals surface area contributed by atoms with Crippen LogP contribution in [0.5, 0.6) is 0 Å². The topological polar surface area (TPSA) is 68.1 Å². The van der Waals surface area contributed by atoms with Crippen molar-refractivity contribution in [1.82, 2.24) is 14.5 Å². The Bertz CT molecular complexity index is 1460. The number of benzene rings is 3. The highest BCUT2D eigenvalue weighted by atomic mass is 32.1. The van der Waals surface area contributed by atoms with Crippen LogP contribution >= 0.6 is 11.3 Å². The molecule has 2 aromatic heterocycles. The smallest absolute Gasteiger partial charge is 0.260 e. The molecular formula is C27H21FN4O2S. The van der Waals surface area contributed by atoms with E-state index in [0.717, 1.165) is 0 Å². The Labute approximate surface area is 205 Å². The molecule has 5 rings (SSSR count). The molecule has 3 aromatic carbocycles. The number of halogens is 1. The van der Waals surface area contributed by atoms with Gasteiger partial charge in [0, 0.05) is 42.2 Å². The molecule has 0 saturated heterocycles. The Morgan fingerprint density at radius 2 is 1.66 bits per heavy atom. The van der Waals surface area contributed by atoms with E-state index in [2.05, 4.69) is 9.97 Å². The summed E-state index contributed by atoms with van der Waals surface area (Å²) >= 11 is 1.28.